The maximum Gasteiger partial charge on any atom is 0.262 e. The molecule has 0 bridgehead atoms. The molecule has 8 nitrogen and oxygen atoms in total. The number of methoxy groups -OCH3 is 1. The molecule has 4 aromatic rings. The minimum Gasteiger partial charge on any atom is -0.508 e. The topological polar surface area (TPSA) is 109 Å². The molecule has 0 saturated carbocycles. The van der Waals surface area contributed by atoms with E-state index in [1.165, 1.54) is 48.4 Å². The van der Waals surface area contributed by atoms with Gasteiger partial charge in [0.25, 0.3) is 10.0 Å². The highest BCUT2D eigenvalue weighted by Crippen LogP contribution is 2.48. The molecule has 12 heteroatoms. The number of rotatable bonds is 7. The number of thiazole rings is 1. The number of nitrogens with zero attached hydrogens (tertiary/aromatic N) is 2. The number of hydrogen-bond donors (Lipinski definition) is 2. The van der Waals surface area contributed by atoms with Gasteiger partial charge in [0.1, 0.15) is 16.9 Å². The molecule has 0 radical (unpaired) electrons. The van der Waals surface area contributed by atoms with Gasteiger partial charge in [-0.3, -0.25) is 14.4 Å². The Morgan fingerprint density at radius 2 is 1.84 bits per heavy atom. The lowest BCUT2D eigenvalue weighted by molar-refractivity contribution is -0.117. The Morgan fingerprint density at radius 1 is 1.11 bits per heavy atom. The number of aromatic nitrogens is 1. The van der Waals surface area contributed by atoms with Gasteiger partial charge >= 0.3 is 0 Å². The fourth-order valence-electron chi connectivity index (χ4n) is 3.97. The Morgan fingerprint density at radius 3 is 2.55 bits per heavy atom. The van der Waals surface area contributed by atoms with Crippen LogP contribution in [0.3, 0.4) is 0 Å². The van der Waals surface area contributed by atoms with Crippen LogP contribution in [0.15, 0.2) is 77.0 Å². The molecule has 1 saturated heterocycles. The molecule has 196 valence electrons. The smallest absolute Gasteiger partial charge is 0.262 e. The van der Waals surface area contributed by atoms with Crippen molar-refractivity contribution in [2.24, 2.45) is 0 Å². The Bertz CT molecular complexity index is 1610. The number of ether oxygens (including phenoxy) is 1. The van der Waals surface area contributed by atoms with Gasteiger partial charge in [-0.15, -0.1) is 23.1 Å². The highest BCUT2D eigenvalue weighted by molar-refractivity contribution is 8.01. The van der Waals surface area contributed by atoms with E-state index in [1.807, 2.05) is 18.4 Å². The SMILES string of the molecule is COc1cc(S(=O)(=O)Nc2ccc(-c3csc(N4C(=O)C(C)SC4c4ccccc4O)n3)cc2)ccc1Cl. The molecule has 2 atom stereocenters. The van der Waals surface area contributed by atoms with Crippen molar-refractivity contribution in [3.63, 3.8) is 0 Å². The van der Waals surface area contributed by atoms with Crippen molar-refractivity contribution in [3.05, 3.63) is 82.7 Å². The van der Waals surface area contributed by atoms with Gasteiger partial charge in [0.2, 0.25) is 5.91 Å². The normalized spacial score (nSPS) is 17.6. The number of carbonyl (C=O) groups is 1. The summed E-state index contributed by atoms with van der Waals surface area (Å²) in [6, 6.07) is 18.0. The van der Waals surface area contributed by atoms with Crippen LogP contribution in [0.2, 0.25) is 5.02 Å². The second-order valence-electron chi connectivity index (χ2n) is 8.39. The summed E-state index contributed by atoms with van der Waals surface area (Å²) >= 11 is 8.80. The van der Waals surface area contributed by atoms with E-state index >= 15 is 0 Å². The first-order valence-electron chi connectivity index (χ1n) is 11.4. The number of hydrogen-bond acceptors (Lipinski definition) is 8. The van der Waals surface area contributed by atoms with Gasteiger partial charge in [0, 0.05) is 28.3 Å². The average Bonchev–Trinajstić information content (AvgIpc) is 3.49. The molecule has 2 N–H and O–H groups in total. The minimum absolute atomic E-state index is 0.0216. The lowest BCUT2D eigenvalue weighted by atomic mass is 10.1. The Labute approximate surface area is 233 Å². The van der Waals surface area contributed by atoms with Crippen molar-refractivity contribution in [1.29, 1.82) is 0 Å². The number of aromatic hydroxyl groups is 1. The number of sulfonamides is 1. The van der Waals surface area contributed by atoms with Crippen LogP contribution < -0.4 is 14.4 Å². The number of carbonyl (C=O) groups excluding carboxylic acids is 1. The van der Waals surface area contributed by atoms with Crippen molar-refractivity contribution < 1.29 is 23.1 Å². The highest BCUT2D eigenvalue weighted by atomic mass is 35.5. The molecule has 1 amide bonds. The third kappa shape index (κ3) is 5.06. The summed E-state index contributed by atoms with van der Waals surface area (Å²) in [6.07, 6.45) is 0. The van der Waals surface area contributed by atoms with Gasteiger partial charge in [0.15, 0.2) is 5.13 Å². The van der Waals surface area contributed by atoms with Crippen LogP contribution >= 0.6 is 34.7 Å². The van der Waals surface area contributed by atoms with E-state index in [2.05, 4.69) is 4.72 Å². The Balaban J connectivity index is 1.37. The van der Waals surface area contributed by atoms with Gasteiger partial charge in [-0.1, -0.05) is 41.9 Å². The van der Waals surface area contributed by atoms with Crippen LogP contribution in [0, 0.1) is 0 Å². The zero-order chi connectivity index (χ0) is 27.0. The minimum atomic E-state index is -3.86. The van der Waals surface area contributed by atoms with Crippen molar-refractivity contribution in [1.82, 2.24) is 4.98 Å². The maximum atomic E-state index is 13.0. The third-order valence-corrected chi connectivity index (χ3v) is 9.78. The molecule has 1 aromatic heterocycles. The molecule has 0 aliphatic carbocycles. The second-order valence-corrected chi connectivity index (χ2v) is 12.7. The number of para-hydroxylation sites is 1. The molecule has 5 rings (SSSR count). The number of halogens is 1. The van der Waals surface area contributed by atoms with E-state index in [4.69, 9.17) is 21.3 Å². The predicted octanol–water partition coefficient (Wildman–Crippen LogP) is 6.15. The van der Waals surface area contributed by atoms with E-state index in [0.717, 1.165) is 5.56 Å². The number of anilines is 2. The number of thioether (sulfide) groups is 1. The van der Waals surface area contributed by atoms with Gasteiger partial charge in [-0.05, 0) is 37.3 Å². The number of phenols is 1. The number of nitrogens with one attached hydrogen (secondary N) is 1. The number of phenolic OH excluding ortho intramolecular Hbond substituents is 1. The molecule has 2 heterocycles. The van der Waals surface area contributed by atoms with Crippen molar-refractivity contribution in [3.8, 4) is 22.8 Å². The summed E-state index contributed by atoms with van der Waals surface area (Å²) in [6.45, 7) is 1.84. The molecule has 2 unspecified atom stereocenters. The number of benzene rings is 3. The van der Waals surface area contributed by atoms with Crippen LogP contribution in [0.4, 0.5) is 10.8 Å². The summed E-state index contributed by atoms with van der Waals surface area (Å²) in [4.78, 5) is 19.4. The summed E-state index contributed by atoms with van der Waals surface area (Å²) in [5.41, 5.74) is 2.44. The first kappa shape index (κ1) is 26.4. The van der Waals surface area contributed by atoms with E-state index in [0.29, 0.717) is 27.1 Å². The lowest BCUT2D eigenvalue weighted by Gasteiger charge is -2.22. The third-order valence-electron chi connectivity index (χ3n) is 5.92. The van der Waals surface area contributed by atoms with Gasteiger partial charge in [0.05, 0.1) is 28.0 Å². The van der Waals surface area contributed by atoms with Gasteiger partial charge in [-0.25, -0.2) is 13.4 Å². The van der Waals surface area contributed by atoms with E-state index in [1.54, 1.807) is 47.4 Å². The van der Waals surface area contributed by atoms with Crippen LogP contribution in [0.1, 0.15) is 17.9 Å². The summed E-state index contributed by atoms with van der Waals surface area (Å²) in [5.74, 6) is 0.315. The van der Waals surface area contributed by atoms with Crippen LogP contribution in [-0.4, -0.2) is 36.8 Å². The van der Waals surface area contributed by atoms with Crippen LogP contribution in [0.25, 0.3) is 11.3 Å². The first-order chi connectivity index (χ1) is 18.2. The molecular weight excluding hydrogens is 566 g/mol. The van der Waals surface area contributed by atoms with E-state index in [9.17, 15) is 18.3 Å². The monoisotopic (exact) mass is 587 g/mol. The summed E-state index contributed by atoms with van der Waals surface area (Å²) in [7, 11) is -2.45. The fraction of sp³-hybridized carbons (Fsp3) is 0.154. The summed E-state index contributed by atoms with van der Waals surface area (Å²) < 4.78 is 33.3. The number of amides is 1. The molecule has 38 heavy (non-hydrogen) atoms. The molecule has 3 aromatic carbocycles. The lowest BCUT2D eigenvalue weighted by Crippen LogP contribution is -2.30. The predicted molar refractivity (Wildman–Crippen MR) is 152 cm³/mol. The standard InChI is InChI=1S/C26H22ClN3O5S3/c1-15-24(32)30(25(37-15)19-5-3-4-6-22(19)31)26-28-21(14-36-26)16-7-9-17(10-8-16)29-38(33,34)18-11-12-20(27)23(13-18)35-2/h3-15,25,29,31H,1-2H3. The fourth-order valence-corrected chi connectivity index (χ4v) is 7.45. The molecule has 1 aliphatic rings. The Hall–Kier alpha value is -3.25. The average molecular weight is 588 g/mol. The Kier molecular flexibility index (Phi) is 7.28. The van der Waals surface area contributed by atoms with Gasteiger partial charge < -0.3 is 9.84 Å². The quantitative estimate of drug-likeness (QED) is 0.267. The zero-order valence-corrected chi connectivity index (χ0v) is 23.4. The highest BCUT2D eigenvalue weighted by Gasteiger charge is 2.42. The van der Waals surface area contributed by atoms with Crippen molar-refractivity contribution in [2.45, 2.75) is 22.4 Å². The van der Waals surface area contributed by atoms with Crippen LogP contribution in [-0.2, 0) is 14.8 Å². The maximum absolute atomic E-state index is 13.0. The zero-order valence-electron chi connectivity index (χ0n) is 20.2. The largest absolute Gasteiger partial charge is 0.508 e. The van der Waals surface area contributed by atoms with Crippen molar-refractivity contribution in [2.75, 3.05) is 16.7 Å². The second kappa shape index (κ2) is 10.5. The molecule has 1 aliphatic heterocycles. The molecule has 0 spiro atoms. The molecular formula is C26H22ClN3O5S3. The van der Waals surface area contributed by atoms with E-state index in [-0.39, 0.29) is 32.9 Å². The molecule has 1 fully saturated rings. The van der Waals surface area contributed by atoms with Crippen molar-refractivity contribution >= 4 is 61.4 Å². The first-order valence-corrected chi connectivity index (χ1v) is 15.0. The summed E-state index contributed by atoms with van der Waals surface area (Å²) in [5, 5.41) is 12.4. The van der Waals surface area contributed by atoms with E-state index < -0.39 is 10.0 Å². The van der Waals surface area contributed by atoms with Gasteiger partial charge in [-0.2, -0.15) is 0 Å². The van der Waals surface area contributed by atoms with Crippen LogP contribution in [0.5, 0.6) is 11.5 Å².